The van der Waals surface area contributed by atoms with Gasteiger partial charge in [0.25, 0.3) is 0 Å². The minimum atomic E-state index is -0.919. The van der Waals surface area contributed by atoms with Crippen molar-refractivity contribution in [3.63, 3.8) is 0 Å². The molecule has 74 valence electrons. The van der Waals surface area contributed by atoms with E-state index >= 15 is 0 Å². The van der Waals surface area contributed by atoms with E-state index in [1.807, 2.05) is 0 Å². The predicted octanol–water partition coefficient (Wildman–Crippen LogP) is -0.796. The van der Waals surface area contributed by atoms with Crippen molar-refractivity contribution < 1.29 is 19.8 Å². The fourth-order valence-corrected chi connectivity index (χ4v) is 1.14. The van der Waals surface area contributed by atoms with Crippen molar-refractivity contribution in [3.8, 4) is 0 Å². The number of carboxylic acid groups (broad SMARTS) is 1. The van der Waals surface area contributed by atoms with Crippen LogP contribution in [-0.4, -0.2) is 34.7 Å². The molecule has 0 aromatic rings. The number of rotatable bonds is 4. The van der Waals surface area contributed by atoms with Crippen LogP contribution in [0.1, 0.15) is 13.3 Å². The number of aliphatic carboxylic acids is 1. The summed E-state index contributed by atoms with van der Waals surface area (Å²) in [5.74, 6) is -2.10. The molecule has 0 saturated heterocycles. The third-order valence-corrected chi connectivity index (χ3v) is 2.02. The van der Waals surface area contributed by atoms with Gasteiger partial charge >= 0.3 is 5.97 Å². The molecule has 1 amide bonds. The molecular weight excluding hydrogens is 174 g/mol. The van der Waals surface area contributed by atoms with Crippen LogP contribution in [0.5, 0.6) is 0 Å². The molecule has 1 aliphatic rings. The topological polar surface area (TPSA) is 86.6 Å². The van der Waals surface area contributed by atoms with E-state index in [-0.39, 0.29) is 12.5 Å². The lowest BCUT2D eigenvalue weighted by molar-refractivity contribution is -0.140. The summed E-state index contributed by atoms with van der Waals surface area (Å²) in [7, 11) is 0. The quantitative estimate of drug-likeness (QED) is 0.538. The van der Waals surface area contributed by atoms with Gasteiger partial charge in [-0.3, -0.25) is 9.59 Å². The molecule has 13 heavy (non-hydrogen) atoms. The van der Waals surface area contributed by atoms with Crippen molar-refractivity contribution in [2.75, 3.05) is 6.54 Å². The van der Waals surface area contributed by atoms with Crippen molar-refractivity contribution in [1.82, 2.24) is 5.32 Å². The molecule has 2 unspecified atom stereocenters. The fraction of sp³-hybridized carbons (Fsp3) is 0.750. The van der Waals surface area contributed by atoms with Crippen LogP contribution in [-0.2, 0) is 9.59 Å². The number of carbonyl (C=O) groups excluding carboxylic acids is 1. The highest BCUT2D eigenvalue weighted by atomic mass is 16.4. The van der Waals surface area contributed by atoms with Crippen molar-refractivity contribution in [3.05, 3.63) is 0 Å². The highest BCUT2D eigenvalue weighted by Crippen LogP contribution is 2.38. The van der Waals surface area contributed by atoms with Gasteiger partial charge in [0.2, 0.25) is 5.91 Å². The zero-order chi connectivity index (χ0) is 10.0. The van der Waals surface area contributed by atoms with Gasteiger partial charge in [-0.05, 0) is 13.3 Å². The van der Waals surface area contributed by atoms with Crippen molar-refractivity contribution >= 4 is 11.9 Å². The Hall–Kier alpha value is -1.10. The number of carbonyl (C=O) groups is 2. The van der Waals surface area contributed by atoms with Crippen LogP contribution in [0.2, 0.25) is 0 Å². The van der Waals surface area contributed by atoms with Gasteiger partial charge in [-0.1, -0.05) is 0 Å². The van der Waals surface area contributed by atoms with E-state index in [4.69, 9.17) is 10.2 Å². The maximum Gasteiger partial charge on any atom is 0.307 e. The number of nitrogens with one attached hydrogen (secondary N) is 1. The second kappa shape index (κ2) is 3.74. The molecule has 0 heterocycles. The first-order valence-electron chi connectivity index (χ1n) is 4.21. The molecule has 0 radical (unpaired) electrons. The molecule has 1 rings (SSSR count). The largest absolute Gasteiger partial charge is 0.481 e. The highest BCUT2D eigenvalue weighted by Gasteiger charge is 2.48. The van der Waals surface area contributed by atoms with Crippen LogP contribution >= 0.6 is 0 Å². The third kappa shape index (κ3) is 2.69. The van der Waals surface area contributed by atoms with Crippen molar-refractivity contribution in [1.29, 1.82) is 0 Å². The number of amides is 1. The van der Waals surface area contributed by atoms with Gasteiger partial charge in [-0.15, -0.1) is 0 Å². The molecule has 5 nitrogen and oxygen atoms in total. The lowest BCUT2D eigenvalue weighted by Crippen LogP contribution is -2.32. The summed E-state index contributed by atoms with van der Waals surface area (Å²) < 4.78 is 0. The van der Waals surface area contributed by atoms with Crippen LogP contribution in [0.3, 0.4) is 0 Å². The van der Waals surface area contributed by atoms with Gasteiger partial charge < -0.3 is 15.5 Å². The lowest BCUT2D eigenvalue weighted by Gasteiger charge is -2.05. The molecule has 0 bridgehead atoms. The zero-order valence-electron chi connectivity index (χ0n) is 7.36. The number of aliphatic hydroxyl groups is 1. The second-order valence-electron chi connectivity index (χ2n) is 3.38. The van der Waals surface area contributed by atoms with Crippen molar-refractivity contribution in [2.24, 2.45) is 11.8 Å². The van der Waals surface area contributed by atoms with E-state index in [0.717, 1.165) is 0 Å². The normalized spacial score (nSPS) is 27.8. The first-order valence-corrected chi connectivity index (χ1v) is 4.21. The van der Waals surface area contributed by atoms with E-state index in [1.165, 1.54) is 0 Å². The van der Waals surface area contributed by atoms with Crippen LogP contribution in [0.25, 0.3) is 0 Å². The lowest BCUT2D eigenvalue weighted by atomic mass is 10.3. The van der Waals surface area contributed by atoms with Crippen LogP contribution < -0.4 is 5.32 Å². The predicted molar refractivity (Wildman–Crippen MR) is 43.9 cm³/mol. The van der Waals surface area contributed by atoms with Gasteiger partial charge in [0.1, 0.15) is 0 Å². The SMILES string of the molecule is C[C@H](O)CNC(=O)C1CC1C(=O)O. The van der Waals surface area contributed by atoms with Gasteiger partial charge in [-0.2, -0.15) is 0 Å². The molecule has 3 N–H and O–H groups in total. The Bertz CT molecular complexity index is 226. The summed E-state index contributed by atoms with van der Waals surface area (Å²) in [6, 6.07) is 0. The van der Waals surface area contributed by atoms with Crippen LogP contribution in [0.15, 0.2) is 0 Å². The van der Waals surface area contributed by atoms with E-state index in [1.54, 1.807) is 6.92 Å². The minimum absolute atomic E-state index is 0.182. The monoisotopic (exact) mass is 187 g/mol. The fourth-order valence-electron chi connectivity index (χ4n) is 1.14. The maximum atomic E-state index is 11.1. The standard InChI is InChI=1S/C8H13NO4/c1-4(10)3-9-7(11)5-2-6(5)8(12)13/h4-6,10H,2-3H2,1H3,(H,9,11)(H,12,13)/t4-,5?,6?/m0/s1. The van der Waals surface area contributed by atoms with Crippen LogP contribution in [0.4, 0.5) is 0 Å². The van der Waals surface area contributed by atoms with E-state index in [0.29, 0.717) is 6.42 Å². The summed E-state index contributed by atoms with van der Waals surface area (Å²) in [5, 5.41) is 19.8. The summed E-state index contributed by atoms with van der Waals surface area (Å²) >= 11 is 0. The second-order valence-corrected chi connectivity index (χ2v) is 3.38. The third-order valence-electron chi connectivity index (χ3n) is 2.02. The number of hydrogen-bond donors (Lipinski definition) is 3. The Kier molecular flexibility index (Phi) is 2.87. The van der Waals surface area contributed by atoms with E-state index < -0.39 is 23.9 Å². The first kappa shape index (κ1) is 9.98. The minimum Gasteiger partial charge on any atom is -0.481 e. The van der Waals surface area contributed by atoms with Crippen molar-refractivity contribution in [2.45, 2.75) is 19.4 Å². The highest BCUT2D eigenvalue weighted by molar-refractivity contribution is 5.89. The molecular formula is C8H13NO4. The van der Waals surface area contributed by atoms with Gasteiger partial charge in [0, 0.05) is 6.54 Å². The number of hydrogen-bond acceptors (Lipinski definition) is 3. The summed E-state index contributed by atoms with van der Waals surface area (Å²) in [5.41, 5.74) is 0. The Balaban J connectivity index is 2.24. The number of carboxylic acids is 1. The van der Waals surface area contributed by atoms with Crippen LogP contribution in [0, 0.1) is 11.8 Å². The molecule has 0 aromatic heterocycles. The molecule has 1 saturated carbocycles. The Morgan fingerprint density at radius 1 is 1.54 bits per heavy atom. The molecule has 0 aromatic carbocycles. The summed E-state index contributed by atoms with van der Waals surface area (Å²) in [4.78, 5) is 21.5. The Morgan fingerprint density at radius 2 is 2.15 bits per heavy atom. The summed E-state index contributed by atoms with van der Waals surface area (Å²) in [6.45, 7) is 1.74. The number of aliphatic hydroxyl groups excluding tert-OH is 1. The summed E-state index contributed by atoms with van der Waals surface area (Å²) in [6.07, 6.45) is -0.174. The van der Waals surface area contributed by atoms with Gasteiger partial charge in [-0.25, -0.2) is 0 Å². The molecule has 0 aliphatic heterocycles. The molecule has 1 aliphatic carbocycles. The average Bonchev–Trinajstić information content (AvgIpc) is 2.78. The molecule has 5 heteroatoms. The van der Waals surface area contributed by atoms with Gasteiger partial charge in [0.15, 0.2) is 0 Å². The van der Waals surface area contributed by atoms with E-state index in [2.05, 4.69) is 5.32 Å². The van der Waals surface area contributed by atoms with Gasteiger partial charge in [0.05, 0.1) is 17.9 Å². The smallest absolute Gasteiger partial charge is 0.307 e. The average molecular weight is 187 g/mol. The zero-order valence-corrected chi connectivity index (χ0v) is 7.36. The van der Waals surface area contributed by atoms with E-state index in [9.17, 15) is 9.59 Å². The Morgan fingerprint density at radius 3 is 2.54 bits per heavy atom. The molecule has 3 atom stereocenters. The first-order chi connectivity index (χ1) is 6.02. The molecule has 1 fully saturated rings. The Labute approximate surface area is 75.7 Å². The maximum absolute atomic E-state index is 11.1. The molecule has 0 spiro atoms.